The van der Waals surface area contributed by atoms with E-state index in [0.29, 0.717) is 4.52 Å². The molecule has 4 aromatic rings. The molecular weight excluding hydrogens is 636 g/mol. The first-order valence-electron chi connectivity index (χ1n) is 11.4. The molecule has 1 N–H and O–H groups in total. The molecule has 0 aliphatic heterocycles. The van der Waals surface area contributed by atoms with Gasteiger partial charge in [0, 0.05) is 18.6 Å². The van der Waals surface area contributed by atoms with Crippen molar-refractivity contribution >= 4 is 26.9 Å². The van der Waals surface area contributed by atoms with Crippen molar-refractivity contribution in [3.8, 4) is 17.3 Å². The Morgan fingerprint density at radius 2 is 1.60 bits per heavy atom. The lowest BCUT2D eigenvalue weighted by molar-refractivity contribution is -0.290. The maximum Gasteiger partial charge on any atom is 0.456 e. The van der Waals surface area contributed by atoms with Crippen molar-refractivity contribution < 1.29 is 61.9 Å². The topological polar surface area (TPSA) is 133 Å². The number of imidazole rings is 1. The molecule has 22 heteroatoms. The summed E-state index contributed by atoms with van der Waals surface area (Å²) in [6.45, 7) is -3.13. The summed E-state index contributed by atoms with van der Waals surface area (Å²) in [6, 6.07) is 0.841. The van der Waals surface area contributed by atoms with Crippen molar-refractivity contribution in [3.63, 3.8) is 0 Å². The number of fused-ring (bicyclic) bond motifs is 2. The minimum Gasteiger partial charge on any atom is -0.469 e. The number of halogens is 10. The van der Waals surface area contributed by atoms with Crippen molar-refractivity contribution in [2.75, 3.05) is 18.9 Å². The second kappa shape index (κ2) is 10.5. The third kappa shape index (κ3) is 5.73. The minimum absolute atomic E-state index is 0.321. The fourth-order valence-corrected chi connectivity index (χ4v) is 4.44. The lowest BCUT2D eigenvalue weighted by atomic mass is 10.3. The van der Waals surface area contributed by atoms with E-state index in [1.807, 2.05) is 0 Å². The molecule has 0 spiro atoms. The number of hydrogen-bond acceptors (Lipinski definition) is 8. The van der Waals surface area contributed by atoms with Crippen LogP contribution in [0.25, 0.3) is 22.6 Å². The normalized spacial score (nSPS) is 13.6. The Bertz CT molecular complexity index is 1800. The van der Waals surface area contributed by atoms with Crippen LogP contribution in [-0.2, 0) is 9.84 Å². The molecule has 0 saturated heterocycles. The summed E-state index contributed by atoms with van der Waals surface area (Å²) in [5, 5.41) is 4.42. The number of alkyl halides is 10. The summed E-state index contributed by atoms with van der Waals surface area (Å²) in [5.74, 6) is -13.8. The zero-order valence-electron chi connectivity index (χ0n) is 21.0. The summed E-state index contributed by atoms with van der Waals surface area (Å²) in [6.07, 6.45) is -8.19. The Kier molecular flexibility index (Phi) is 7.73. The number of nitrogens with one attached hydrogen (secondary N) is 1. The van der Waals surface area contributed by atoms with E-state index < -0.39 is 86.7 Å². The van der Waals surface area contributed by atoms with Crippen LogP contribution in [0.1, 0.15) is 17.4 Å². The van der Waals surface area contributed by atoms with E-state index in [-0.39, 0.29) is 11.3 Å². The van der Waals surface area contributed by atoms with E-state index in [9.17, 15) is 57.1 Å². The number of ether oxygens (including phenoxy) is 1. The number of nitrogens with zero attached hydrogens (tertiary/aromatic N) is 6. The average molecular weight is 651 g/mol. The van der Waals surface area contributed by atoms with Crippen LogP contribution in [0.4, 0.5) is 43.9 Å². The first kappa shape index (κ1) is 31.7. The number of carbonyl (C=O) groups is 1. The molecule has 0 bridgehead atoms. The summed E-state index contributed by atoms with van der Waals surface area (Å²) < 4.78 is 161. The van der Waals surface area contributed by atoms with Crippen LogP contribution in [-0.4, -0.2) is 86.4 Å². The van der Waals surface area contributed by atoms with Crippen molar-refractivity contribution in [2.24, 2.45) is 0 Å². The molecule has 0 atom stereocenters. The van der Waals surface area contributed by atoms with E-state index >= 15 is 0 Å². The van der Waals surface area contributed by atoms with E-state index in [2.05, 4.69) is 24.8 Å². The first-order chi connectivity index (χ1) is 19.7. The summed E-state index contributed by atoms with van der Waals surface area (Å²) >= 11 is 0. The molecule has 11 nitrogen and oxygen atoms in total. The molecule has 0 unspecified atom stereocenters. The molecule has 0 aromatic carbocycles. The van der Waals surface area contributed by atoms with Gasteiger partial charge in [-0.2, -0.15) is 49.0 Å². The maximum atomic E-state index is 13.4. The van der Waals surface area contributed by atoms with E-state index in [4.69, 9.17) is 0 Å². The van der Waals surface area contributed by atoms with E-state index in [0.717, 1.165) is 35.3 Å². The molecule has 4 rings (SSSR count). The Balaban J connectivity index is 1.84. The van der Waals surface area contributed by atoms with Crippen LogP contribution in [0.15, 0.2) is 35.9 Å². The zero-order valence-corrected chi connectivity index (χ0v) is 21.8. The van der Waals surface area contributed by atoms with Crippen LogP contribution in [0.3, 0.4) is 0 Å². The Labute approximate surface area is 232 Å². The smallest absolute Gasteiger partial charge is 0.456 e. The standard InChI is InChI=1S/C21H15F10N7O4S/c1-2-43(40,41)17-12(13-34-7-11-16(33-5-6-37(11)13)42-9-19(24,25)21(29,30)31)14-32-4-3-10(38(14)36-17)15(39)35-8-18(22,23)20(26,27)28/h3-7H,2,8-9H2,1H3,(H,35,39). The van der Waals surface area contributed by atoms with Gasteiger partial charge in [0.25, 0.3) is 5.91 Å². The van der Waals surface area contributed by atoms with Crippen molar-refractivity contribution in [1.82, 2.24) is 34.3 Å². The van der Waals surface area contributed by atoms with Gasteiger partial charge in [-0.3, -0.25) is 9.20 Å². The molecule has 234 valence electrons. The number of sulfone groups is 1. The van der Waals surface area contributed by atoms with Gasteiger partial charge in [0.05, 0.1) is 18.5 Å². The number of aromatic nitrogens is 6. The van der Waals surface area contributed by atoms with Crippen LogP contribution >= 0.6 is 0 Å². The van der Waals surface area contributed by atoms with Gasteiger partial charge in [-0.15, -0.1) is 0 Å². The third-order valence-corrected chi connectivity index (χ3v) is 7.37. The van der Waals surface area contributed by atoms with Gasteiger partial charge in [0.1, 0.15) is 16.8 Å². The largest absolute Gasteiger partial charge is 0.469 e. The predicted octanol–water partition coefficient (Wildman–Crippen LogP) is 3.74. The molecular formula is C21H15F10N7O4S. The SMILES string of the molecule is CCS(=O)(=O)c1nn2c(C(=O)NCC(F)(F)C(F)(F)F)ccnc2c1-c1ncc2c(OCC(F)(F)C(F)(F)F)nccn12. The van der Waals surface area contributed by atoms with Crippen molar-refractivity contribution in [1.29, 1.82) is 0 Å². The summed E-state index contributed by atoms with van der Waals surface area (Å²) in [4.78, 5) is 24.1. The van der Waals surface area contributed by atoms with E-state index in [1.165, 1.54) is 12.2 Å². The highest BCUT2D eigenvalue weighted by molar-refractivity contribution is 7.91. The van der Waals surface area contributed by atoms with Crippen LogP contribution in [0, 0.1) is 0 Å². The minimum atomic E-state index is -5.99. The maximum absolute atomic E-state index is 13.4. The highest BCUT2D eigenvalue weighted by atomic mass is 32.2. The van der Waals surface area contributed by atoms with Crippen molar-refractivity contribution in [2.45, 2.75) is 36.1 Å². The molecule has 0 radical (unpaired) electrons. The molecule has 4 heterocycles. The van der Waals surface area contributed by atoms with Crippen LogP contribution in [0.5, 0.6) is 5.88 Å². The summed E-state index contributed by atoms with van der Waals surface area (Å²) in [5.41, 5.74) is -1.96. The first-order valence-corrected chi connectivity index (χ1v) is 13.1. The Morgan fingerprint density at radius 1 is 0.953 bits per heavy atom. The number of carbonyl (C=O) groups excluding carboxylic acids is 1. The second-order valence-corrected chi connectivity index (χ2v) is 10.8. The molecule has 43 heavy (non-hydrogen) atoms. The zero-order chi connectivity index (χ0) is 32.2. The van der Waals surface area contributed by atoms with Crippen LogP contribution in [0.2, 0.25) is 0 Å². The number of rotatable bonds is 9. The molecule has 0 aliphatic carbocycles. The number of hydrogen-bond donors (Lipinski definition) is 1. The molecule has 4 aromatic heterocycles. The lowest BCUT2D eigenvalue weighted by Gasteiger charge is -2.19. The molecule has 0 saturated carbocycles. The molecule has 0 fully saturated rings. The average Bonchev–Trinajstić information content (AvgIpc) is 3.51. The quantitative estimate of drug-likeness (QED) is 0.271. The van der Waals surface area contributed by atoms with Gasteiger partial charge < -0.3 is 10.1 Å². The summed E-state index contributed by atoms with van der Waals surface area (Å²) in [7, 11) is -4.34. The van der Waals surface area contributed by atoms with Gasteiger partial charge in [0.15, 0.2) is 32.9 Å². The predicted molar refractivity (Wildman–Crippen MR) is 123 cm³/mol. The van der Waals surface area contributed by atoms with E-state index in [1.54, 1.807) is 0 Å². The van der Waals surface area contributed by atoms with Gasteiger partial charge in [-0.1, -0.05) is 6.92 Å². The highest BCUT2D eigenvalue weighted by Crippen LogP contribution is 2.37. The second-order valence-electron chi connectivity index (χ2n) is 8.59. The van der Waals surface area contributed by atoms with Crippen molar-refractivity contribution in [3.05, 3.63) is 36.5 Å². The fraction of sp³-hybridized carbons (Fsp3) is 0.381. The Morgan fingerprint density at radius 3 is 2.21 bits per heavy atom. The van der Waals surface area contributed by atoms with Gasteiger partial charge in [0.2, 0.25) is 5.88 Å². The molecule has 0 aliphatic rings. The number of amides is 1. The van der Waals surface area contributed by atoms with Gasteiger partial charge in [-0.05, 0) is 6.07 Å². The molecule has 1 amide bonds. The Hall–Kier alpha value is -4.24. The third-order valence-electron chi connectivity index (χ3n) is 5.73. The van der Waals surface area contributed by atoms with Crippen LogP contribution < -0.4 is 10.1 Å². The van der Waals surface area contributed by atoms with Gasteiger partial charge in [-0.25, -0.2) is 27.9 Å². The van der Waals surface area contributed by atoms with Gasteiger partial charge >= 0.3 is 24.2 Å². The fourth-order valence-electron chi connectivity index (χ4n) is 3.47. The monoisotopic (exact) mass is 651 g/mol. The lowest BCUT2D eigenvalue weighted by Crippen LogP contribution is -2.47. The highest BCUT2D eigenvalue weighted by Gasteiger charge is 2.58.